The summed E-state index contributed by atoms with van der Waals surface area (Å²) in [6.07, 6.45) is 2.67. The average Bonchev–Trinajstić information content (AvgIpc) is 2.48. The van der Waals surface area contributed by atoms with Crippen LogP contribution in [0.15, 0.2) is 30.3 Å². The normalized spacial score (nSPS) is 19.5. The Morgan fingerprint density at radius 3 is 2.75 bits per heavy atom. The maximum atomic E-state index is 5.82. The molecule has 1 N–H and O–H groups in total. The summed E-state index contributed by atoms with van der Waals surface area (Å²) in [5.74, 6) is 1.76. The summed E-state index contributed by atoms with van der Waals surface area (Å²) in [6, 6.07) is 10.7. The fraction of sp³-hybridized carbons (Fsp3) is 0.647. The molecule has 1 aromatic rings. The van der Waals surface area contributed by atoms with Gasteiger partial charge in [0.25, 0.3) is 0 Å². The van der Waals surface area contributed by atoms with Crippen molar-refractivity contribution < 1.29 is 4.74 Å². The molecule has 1 unspecified atom stereocenters. The molecule has 3 nitrogen and oxygen atoms in total. The summed E-state index contributed by atoms with van der Waals surface area (Å²) < 4.78 is 5.82. The second-order valence-electron chi connectivity index (χ2n) is 5.96. The van der Waals surface area contributed by atoms with Crippen LogP contribution in [0.3, 0.4) is 0 Å². The van der Waals surface area contributed by atoms with Gasteiger partial charge in [-0.3, -0.25) is 4.90 Å². The molecule has 0 radical (unpaired) electrons. The molecule has 0 aliphatic carbocycles. The van der Waals surface area contributed by atoms with Crippen LogP contribution in [0.1, 0.15) is 26.7 Å². The van der Waals surface area contributed by atoms with Gasteiger partial charge in [-0.2, -0.15) is 0 Å². The number of nitrogens with one attached hydrogen (secondary N) is 1. The summed E-state index contributed by atoms with van der Waals surface area (Å²) in [5, 5.41) is 3.50. The van der Waals surface area contributed by atoms with Gasteiger partial charge in [0.1, 0.15) is 12.4 Å². The van der Waals surface area contributed by atoms with E-state index in [1.54, 1.807) is 0 Å². The quantitative estimate of drug-likeness (QED) is 0.829. The Bertz CT molecular complexity index is 361. The Morgan fingerprint density at radius 1 is 1.30 bits per heavy atom. The zero-order valence-corrected chi connectivity index (χ0v) is 12.8. The smallest absolute Gasteiger partial charge is 0.119 e. The molecule has 0 saturated carbocycles. The standard InChI is InChI=1S/C17H28N2O/c1-15(2)19(14-16-7-6-10-18-13-16)11-12-20-17-8-4-3-5-9-17/h3-5,8-9,15-16,18H,6-7,10-14H2,1-2H3. The van der Waals surface area contributed by atoms with E-state index in [9.17, 15) is 0 Å². The first-order valence-electron chi connectivity index (χ1n) is 7.88. The molecule has 20 heavy (non-hydrogen) atoms. The number of piperidine rings is 1. The fourth-order valence-electron chi connectivity index (χ4n) is 2.77. The van der Waals surface area contributed by atoms with Crippen molar-refractivity contribution in [2.24, 2.45) is 5.92 Å². The largest absolute Gasteiger partial charge is 0.492 e. The number of para-hydroxylation sites is 1. The van der Waals surface area contributed by atoms with Crippen molar-refractivity contribution in [3.8, 4) is 5.75 Å². The van der Waals surface area contributed by atoms with Crippen molar-refractivity contribution in [1.82, 2.24) is 10.2 Å². The van der Waals surface area contributed by atoms with E-state index in [-0.39, 0.29) is 0 Å². The predicted octanol–water partition coefficient (Wildman–Crippen LogP) is 2.78. The van der Waals surface area contributed by atoms with Gasteiger partial charge in [-0.25, -0.2) is 0 Å². The van der Waals surface area contributed by atoms with Crippen molar-refractivity contribution in [2.75, 3.05) is 32.8 Å². The second-order valence-corrected chi connectivity index (χ2v) is 5.96. The van der Waals surface area contributed by atoms with Gasteiger partial charge in [-0.15, -0.1) is 0 Å². The molecule has 0 bridgehead atoms. The Morgan fingerprint density at radius 2 is 2.10 bits per heavy atom. The average molecular weight is 276 g/mol. The van der Waals surface area contributed by atoms with E-state index in [1.165, 1.54) is 32.5 Å². The molecule has 112 valence electrons. The van der Waals surface area contributed by atoms with Gasteiger partial charge < -0.3 is 10.1 Å². The summed E-state index contributed by atoms with van der Waals surface area (Å²) in [5.41, 5.74) is 0. The van der Waals surface area contributed by atoms with Crippen LogP contribution < -0.4 is 10.1 Å². The van der Waals surface area contributed by atoms with Crippen LogP contribution in [0.25, 0.3) is 0 Å². The highest BCUT2D eigenvalue weighted by Crippen LogP contribution is 2.14. The second kappa shape index (κ2) is 8.28. The van der Waals surface area contributed by atoms with E-state index in [2.05, 4.69) is 24.1 Å². The van der Waals surface area contributed by atoms with E-state index < -0.39 is 0 Å². The molecule has 3 heteroatoms. The van der Waals surface area contributed by atoms with Gasteiger partial charge >= 0.3 is 0 Å². The van der Waals surface area contributed by atoms with Crippen LogP contribution in [-0.2, 0) is 0 Å². The minimum Gasteiger partial charge on any atom is -0.492 e. The molecular formula is C17H28N2O. The molecule has 2 rings (SSSR count). The maximum absolute atomic E-state index is 5.82. The first-order valence-corrected chi connectivity index (χ1v) is 7.88. The zero-order valence-electron chi connectivity index (χ0n) is 12.8. The van der Waals surface area contributed by atoms with E-state index in [0.29, 0.717) is 6.04 Å². The Balaban J connectivity index is 1.74. The SMILES string of the molecule is CC(C)N(CCOc1ccccc1)CC1CCCNC1. The van der Waals surface area contributed by atoms with E-state index in [1.807, 2.05) is 30.3 Å². The molecule has 1 saturated heterocycles. The van der Waals surface area contributed by atoms with E-state index in [0.717, 1.165) is 24.8 Å². The highest BCUT2D eigenvalue weighted by molar-refractivity contribution is 5.20. The lowest BCUT2D eigenvalue weighted by atomic mass is 9.98. The summed E-state index contributed by atoms with van der Waals surface area (Å²) in [4.78, 5) is 2.54. The third-order valence-electron chi connectivity index (χ3n) is 4.01. The van der Waals surface area contributed by atoms with Crippen LogP contribution in [-0.4, -0.2) is 43.7 Å². The van der Waals surface area contributed by atoms with Gasteiger partial charge in [-0.05, 0) is 57.8 Å². The first-order chi connectivity index (χ1) is 9.75. The molecule has 1 heterocycles. The maximum Gasteiger partial charge on any atom is 0.119 e. The molecule has 1 aromatic carbocycles. The van der Waals surface area contributed by atoms with Crippen molar-refractivity contribution in [2.45, 2.75) is 32.7 Å². The highest BCUT2D eigenvalue weighted by atomic mass is 16.5. The van der Waals surface area contributed by atoms with Crippen LogP contribution in [0, 0.1) is 5.92 Å². The van der Waals surface area contributed by atoms with Gasteiger partial charge in [-0.1, -0.05) is 18.2 Å². The molecule has 1 atom stereocenters. The van der Waals surface area contributed by atoms with Gasteiger partial charge in [0.05, 0.1) is 0 Å². The van der Waals surface area contributed by atoms with Crippen molar-refractivity contribution in [3.63, 3.8) is 0 Å². The third-order valence-corrected chi connectivity index (χ3v) is 4.01. The Hall–Kier alpha value is -1.06. The van der Waals surface area contributed by atoms with Crippen LogP contribution in [0.2, 0.25) is 0 Å². The minimum absolute atomic E-state index is 0.580. The van der Waals surface area contributed by atoms with Crippen LogP contribution >= 0.6 is 0 Å². The lowest BCUT2D eigenvalue weighted by Crippen LogP contribution is -2.42. The summed E-state index contributed by atoms with van der Waals surface area (Å²) in [6.45, 7) is 9.86. The van der Waals surface area contributed by atoms with Crippen LogP contribution in [0.4, 0.5) is 0 Å². The zero-order chi connectivity index (χ0) is 14.2. The fourth-order valence-corrected chi connectivity index (χ4v) is 2.77. The number of ether oxygens (including phenoxy) is 1. The number of nitrogens with zero attached hydrogens (tertiary/aromatic N) is 1. The highest BCUT2D eigenvalue weighted by Gasteiger charge is 2.18. The number of benzene rings is 1. The van der Waals surface area contributed by atoms with E-state index >= 15 is 0 Å². The Labute approximate surface area is 123 Å². The van der Waals surface area contributed by atoms with Gasteiger partial charge in [0, 0.05) is 19.1 Å². The van der Waals surface area contributed by atoms with Crippen molar-refractivity contribution in [3.05, 3.63) is 30.3 Å². The number of hydrogen-bond acceptors (Lipinski definition) is 3. The monoisotopic (exact) mass is 276 g/mol. The number of rotatable bonds is 7. The summed E-state index contributed by atoms with van der Waals surface area (Å²) in [7, 11) is 0. The lowest BCUT2D eigenvalue weighted by Gasteiger charge is -2.32. The molecule has 1 aliphatic heterocycles. The van der Waals surface area contributed by atoms with Gasteiger partial charge in [0.2, 0.25) is 0 Å². The molecular weight excluding hydrogens is 248 g/mol. The molecule has 0 spiro atoms. The summed E-state index contributed by atoms with van der Waals surface area (Å²) >= 11 is 0. The molecule has 0 amide bonds. The molecule has 0 aromatic heterocycles. The lowest BCUT2D eigenvalue weighted by molar-refractivity contribution is 0.143. The van der Waals surface area contributed by atoms with Crippen molar-refractivity contribution in [1.29, 1.82) is 0 Å². The predicted molar refractivity (Wildman–Crippen MR) is 84.2 cm³/mol. The topological polar surface area (TPSA) is 24.5 Å². The molecule has 1 fully saturated rings. The minimum atomic E-state index is 0.580. The third kappa shape index (κ3) is 5.14. The van der Waals surface area contributed by atoms with Gasteiger partial charge in [0.15, 0.2) is 0 Å². The van der Waals surface area contributed by atoms with Crippen LogP contribution in [0.5, 0.6) is 5.75 Å². The number of hydrogen-bond donors (Lipinski definition) is 1. The Kier molecular flexibility index (Phi) is 6.34. The first kappa shape index (κ1) is 15.3. The van der Waals surface area contributed by atoms with Crippen molar-refractivity contribution >= 4 is 0 Å². The molecule has 1 aliphatic rings. The van der Waals surface area contributed by atoms with E-state index in [4.69, 9.17) is 4.74 Å².